The Bertz CT molecular complexity index is 790. The van der Waals surface area contributed by atoms with Gasteiger partial charge in [0.2, 0.25) is 5.88 Å². The average Bonchev–Trinajstić information content (AvgIpc) is 2.56. The number of halogens is 2. The van der Waals surface area contributed by atoms with Gasteiger partial charge in [-0.1, -0.05) is 23.4 Å². The van der Waals surface area contributed by atoms with Crippen LogP contribution in [0, 0.1) is 5.82 Å². The molecule has 1 saturated heterocycles. The van der Waals surface area contributed by atoms with Crippen LogP contribution in [0.3, 0.4) is 0 Å². The van der Waals surface area contributed by atoms with Crippen LogP contribution in [-0.2, 0) is 0 Å². The van der Waals surface area contributed by atoms with Gasteiger partial charge in [0.05, 0.1) is 12.7 Å². The zero-order chi connectivity index (χ0) is 17.5. The third kappa shape index (κ3) is 3.10. The normalized spacial score (nSPS) is 21.3. The summed E-state index contributed by atoms with van der Waals surface area (Å²) in [5, 5.41) is 10.9. The monoisotopic (exact) mass is 372 g/mol. The number of hydrogen-bond donors (Lipinski definition) is 1. The van der Waals surface area contributed by atoms with Crippen molar-refractivity contribution in [2.75, 3.05) is 31.4 Å². The van der Waals surface area contributed by atoms with Crippen molar-refractivity contribution >= 4 is 40.1 Å². The molecular weight excluding hydrogens is 355 g/mol. The molecular formula is C15H18ClFN4O2S. The van der Waals surface area contributed by atoms with E-state index < -0.39 is 11.4 Å². The van der Waals surface area contributed by atoms with Crippen molar-refractivity contribution in [3.05, 3.63) is 11.0 Å². The van der Waals surface area contributed by atoms with E-state index in [1.807, 2.05) is 11.2 Å². The largest absolute Gasteiger partial charge is 0.480 e. The maximum Gasteiger partial charge on any atom is 0.228 e. The molecule has 1 aliphatic rings. The summed E-state index contributed by atoms with van der Waals surface area (Å²) in [5.74, 6) is -0.0244. The predicted molar refractivity (Wildman–Crippen MR) is 92.7 cm³/mol. The van der Waals surface area contributed by atoms with Gasteiger partial charge >= 0.3 is 0 Å². The molecule has 0 aromatic carbocycles. The molecule has 24 heavy (non-hydrogen) atoms. The number of aromatic nitrogens is 3. The first-order valence-electron chi connectivity index (χ1n) is 7.48. The molecule has 2 aromatic heterocycles. The number of nitrogens with zero attached hydrogens (tertiary/aromatic N) is 4. The minimum absolute atomic E-state index is 0.0754. The number of pyridine rings is 1. The summed E-state index contributed by atoms with van der Waals surface area (Å²) in [6.07, 6.45) is 3.33. The maximum absolute atomic E-state index is 14.5. The highest BCUT2D eigenvalue weighted by molar-refractivity contribution is 7.98. The Kier molecular flexibility index (Phi) is 4.72. The van der Waals surface area contributed by atoms with Gasteiger partial charge < -0.3 is 14.7 Å². The number of rotatable bonds is 3. The first kappa shape index (κ1) is 17.4. The Morgan fingerprint density at radius 3 is 2.75 bits per heavy atom. The van der Waals surface area contributed by atoms with Crippen LogP contribution in [0.5, 0.6) is 5.88 Å². The molecule has 3 rings (SSSR count). The minimum atomic E-state index is -0.833. The van der Waals surface area contributed by atoms with Crippen molar-refractivity contribution < 1.29 is 14.2 Å². The highest BCUT2D eigenvalue weighted by Gasteiger charge is 2.32. The molecule has 0 unspecified atom stereocenters. The molecule has 130 valence electrons. The fraction of sp³-hybridized carbons (Fsp3) is 0.533. The van der Waals surface area contributed by atoms with Crippen LogP contribution >= 0.6 is 23.4 Å². The molecule has 0 bridgehead atoms. The van der Waals surface area contributed by atoms with Crippen LogP contribution in [-0.4, -0.2) is 52.1 Å². The molecule has 2 aromatic rings. The number of hydrogen-bond acceptors (Lipinski definition) is 7. The number of fused-ring (bicyclic) bond motifs is 1. The molecule has 1 fully saturated rings. The maximum atomic E-state index is 14.5. The summed E-state index contributed by atoms with van der Waals surface area (Å²) in [6, 6.07) is 0. The van der Waals surface area contributed by atoms with E-state index in [9.17, 15) is 9.50 Å². The fourth-order valence-corrected chi connectivity index (χ4v) is 3.47. The van der Waals surface area contributed by atoms with Crippen LogP contribution in [0.2, 0.25) is 5.15 Å². The number of anilines is 1. The lowest BCUT2D eigenvalue weighted by atomic mass is 9.95. The summed E-state index contributed by atoms with van der Waals surface area (Å²) in [7, 11) is 1.44. The molecule has 3 heterocycles. The quantitative estimate of drug-likeness (QED) is 0.504. The number of methoxy groups -OCH3 is 1. The summed E-state index contributed by atoms with van der Waals surface area (Å²) in [5.41, 5.74) is -0.757. The summed E-state index contributed by atoms with van der Waals surface area (Å²) in [6.45, 7) is 2.87. The highest BCUT2D eigenvalue weighted by atomic mass is 35.5. The van der Waals surface area contributed by atoms with Crippen molar-refractivity contribution in [3.63, 3.8) is 0 Å². The van der Waals surface area contributed by atoms with Gasteiger partial charge in [0.1, 0.15) is 16.7 Å². The van der Waals surface area contributed by atoms with Crippen LogP contribution in [0.4, 0.5) is 10.2 Å². The molecule has 6 nitrogen and oxygen atoms in total. The third-order valence-corrected chi connectivity index (χ3v) is 4.82. The fourth-order valence-electron chi connectivity index (χ4n) is 2.95. The minimum Gasteiger partial charge on any atom is -0.480 e. The Morgan fingerprint density at radius 2 is 2.12 bits per heavy atom. The first-order chi connectivity index (χ1) is 11.4. The Morgan fingerprint density at radius 1 is 1.38 bits per heavy atom. The number of thioether (sulfide) groups is 1. The second-order valence-corrected chi connectivity index (χ2v) is 7.14. The number of piperidine rings is 1. The Balaban J connectivity index is 2.27. The van der Waals surface area contributed by atoms with Gasteiger partial charge in [0.15, 0.2) is 16.1 Å². The SMILES string of the molecule is COc1nc(Cl)c(F)c2nc(SC)nc(N3CCC[C@@](C)(O)C3)c12. The van der Waals surface area contributed by atoms with E-state index in [0.717, 1.165) is 6.42 Å². The van der Waals surface area contributed by atoms with E-state index in [1.54, 1.807) is 6.92 Å². The van der Waals surface area contributed by atoms with Crippen LogP contribution in [0.25, 0.3) is 10.9 Å². The average molecular weight is 373 g/mol. The van der Waals surface area contributed by atoms with Crippen LogP contribution < -0.4 is 9.64 Å². The van der Waals surface area contributed by atoms with Crippen molar-refractivity contribution in [2.24, 2.45) is 0 Å². The zero-order valence-electron chi connectivity index (χ0n) is 13.6. The van der Waals surface area contributed by atoms with Gasteiger partial charge in [0.25, 0.3) is 0 Å². The summed E-state index contributed by atoms with van der Waals surface area (Å²) >= 11 is 7.17. The van der Waals surface area contributed by atoms with E-state index in [4.69, 9.17) is 16.3 Å². The molecule has 0 aliphatic carbocycles. The van der Waals surface area contributed by atoms with E-state index in [1.165, 1.54) is 18.9 Å². The van der Waals surface area contributed by atoms with Gasteiger partial charge in [0, 0.05) is 13.1 Å². The van der Waals surface area contributed by atoms with E-state index in [2.05, 4.69) is 15.0 Å². The topological polar surface area (TPSA) is 71.4 Å². The van der Waals surface area contributed by atoms with E-state index in [0.29, 0.717) is 35.9 Å². The molecule has 1 aliphatic heterocycles. The Hall–Kier alpha value is -1.38. The van der Waals surface area contributed by atoms with E-state index in [-0.39, 0.29) is 16.5 Å². The van der Waals surface area contributed by atoms with Crippen molar-refractivity contribution in [2.45, 2.75) is 30.5 Å². The van der Waals surface area contributed by atoms with Gasteiger partial charge in [-0.25, -0.2) is 14.4 Å². The standard InChI is InChI=1S/C15H18ClFN4O2S/c1-15(22)5-4-6-21(7-15)12-8-10(18-14(20-12)24-3)9(17)11(16)19-13(8)23-2/h22H,4-7H2,1-3H3/t15-/m1/s1. The molecule has 0 spiro atoms. The van der Waals surface area contributed by atoms with Gasteiger partial charge in [-0.05, 0) is 26.0 Å². The molecule has 1 atom stereocenters. The first-order valence-corrected chi connectivity index (χ1v) is 9.08. The highest BCUT2D eigenvalue weighted by Crippen LogP contribution is 2.37. The van der Waals surface area contributed by atoms with Crippen molar-refractivity contribution in [1.82, 2.24) is 15.0 Å². The molecule has 0 amide bonds. The summed E-state index contributed by atoms with van der Waals surface area (Å²) in [4.78, 5) is 14.6. The number of aliphatic hydroxyl groups is 1. The lowest BCUT2D eigenvalue weighted by Gasteiger charge is -2.38. The number of β-amino-alcohol motifs (C(OH)–C–C–N with tert-alkyl or cyclic N) is 1. The second-order valence-electron chi connectivity index (χ2n) is 6.01. The molecule has 1 N–H and O–H groups in total. The smallest absolute Gasteiger partial charge is 0.228 e. The summed E-state index contributed by atoms with van der Waals surface area (Å²) < 4.78 is 19.8. The van der Waals surface area contributed by atoms with Crippen molar-refractivity contribution in [3.8, 4) is 5.88 Å². The van der Waals surface area contributed by atoms with Gasteiger partial charge in [-0.15, -0.1) is 0 Å². The lowest BCUT2D eigenvalue weighted by molar-refractivity contribution is 0.0447. The zero-order valence-corrected chi connectivity index (χ0v) is 15.2. The van der Waals surface area contributed by atoms with Crippen molar-refractivity contribution in [1.29, 1.82) is 0 Å². The second kappa shape index (κ2) is 6.50. The van der Waals surface area contributed by atoms with Gasteiger partial charge in [-0.3, -0.25) is 0 Å². The third-order valence-electron chi connectivity index (χ3n) is 4.02. The lowest BCUT2D eigenvalue weighted by Crippen LogP contribution is -2.46. The molecule has 0 radical (unpaired) electrons. The molecule has 0 saturated carbocycles. The van der Waals surface area contributed by atoms with E-state index >= 15 is 0 Å². The van der Waals surface area contributed by atoms with Gasteiger partial charge in [-0.2, -0.15) is 4.98 Å². The van der Waals surface area contributed by atoms with Crippen LogP contribution in [0.15, 0.2) is 5.16 Å². The molecule has 9 heteroatoms. The van der Waals surface area contributed by atoms with Crippen LogP contribution in [0.1, 0.15) is 19.8 Å². The predicted octanol–water partition coefficient (Wildman–Crippen LogP) is 2.90. The number of ether oxygens (including phenoxy) is 1. The Labute approximate surface area is 148 Å².